The molecule has 7 heteroatoms. The van der Waals surface area contributed by atoms with Gasteiger partial charge in [-0.1, -0.05) is 23.9 Å². The van der Waals surface area contributed by atoms with Crippen LogP contribution in [0.4, 0.5) is 0 Å². The van der Waals surface area contributed by atoms with Crippen molar-refractivity contribution in [1.82, 2.24) is 9.55 Å². The van der Waals surface area contributed by atoms with Gasteiger partial charge < -0.3 is 9.47 Å². The number of benzene rings is 2. The van der Waals surface area contributed by atoms with E-state index in [4.69, 9.17) is 14.5 Å². The summed E-state index contributed by atoms with van der Waals surface area (Å²) in [7, 11) is 3.31. The van der Waals surface area contributed by atoms with Gasteiger partial charge in [-0.05, 0) is 73.2 Å². The number of rotatable bonds is 6. The number of hydrogen-bond donors (Lipinski definition) is 0. The monoisotopic (exact) mass is 464 g/mol. The molecule has 1 aliphatic carbocycles. The standard InChI is InChI=1S/C25H24N2O3S2/c1-29-18-12-10-17(11-13-18)27-24(28)22-20-8-3-4-9-21(20)32-23(22)26-25(27)31-15-16-6-5-7-19(14-16)30-2/h5-7,10-14H,3-4,8-9,15H2,1-2H3. The van der Waals surface area contributed by atoms with Gasteiger partial charge in [0.1, 0.15) is 16.3 Å². The number of ether oxygens (including phenoxy) is 2. The Kier molecular flexibility index (Phi) is 5.93. The van der Waals surface area contributed by atoms with Crippen LogP contribution in [0.1, 0.15) is 28.8 Å². The number of nitrogens with zero attached hydrogens (tertiary/aromatic N) is 2. The highest BCUT2D eigenvalue weighted by atomic mass is 32.2. The molecular formula is C25H24N2O3S2. The fraction of sp³-hybridized carbons (Fsp3) is 0.280. The molecule has 164 valence electrons. The summed E-state index contributed by atoms with van der Waals surface area (Å²) in [6.45, 7) is 0. The van der Waals surface area contributed by atoms with Crippen LogP contribution in [0.2, 0.25) is 0 Å². The summed E-state index contributed by atoms with van der Waals surface area (Å²) in [5, 5.41) is 1.50. The van der Waals surface area contributed by atoms with Gasteiger partial charge in [-0.25, -0.2) is 4.98 Å². The van der Waals surface area contributed by atoms with Gasteiger partial charge in [0.25, 0.3) is 5.56 Å². The Bertz CT molecular complexity index is 1330. The lowest BCUT2D eigenvalue weighted by Crippen LogP contribution is -2.22. The zero-order valence-electron chi connectivity index (χ0n) is 18.1. The molecule has 2 aromatic heterocycles. The second kappa shape index (κ2) is 9.00. The Hall–Kier alpha value is -2.77. The van der Waals surface area contributed by atoms with Crippen LogP contribution in [-0.2, 0) is 18.6 Å². The lowest BCUT2D eigenvalue weighted by molar-refractivity contribution is 0.414. The number of thioether (sulfide) groups is 1. The van der Waals surface area contributed by atoms with Gasteiger partial charge in [-0.3, -0.25) is 9.36 Å². The maximum atomic E-state index is 13.8. The Morgan fingerprint density at radius 3 is 2.59 bits per heavy atom. The summed E-state index contributed by atoms with van der Waals surface area (Å²) in [6, 6.07) is 15.6. The predicted molar refractivity (Wildman–Crippen MR) is 131 cm³/mol. The van der Waals surface area contributed by atoms with E-state index in [0.29, 0.717) is 10.9 Å². The molecule has 0 aliphatic heterocycles. The number of fused-ring (bicyclic) bond motifs is 3. The Morgan fingerprint density at radius 2 is 1.81 bits per heavy atom. The Labute approximate surface area is 195 Å². The van der Waals surface area contributed by atoms with Crippen LogP contribution in [0.15, 0.2) is 58.5 Å². The van der Waals surface area contributed by atoms with E-state index in [0.717, 1.165) is 52.2 Å². The van der Waals surface area contributed by atoms with Gasteiger partial charge in [0.15, 0.2) is 5.16 Å². The highest BCUT2D eigenvalue weighted by molar-refractivity contribution is 7.98. The van der Waals surface area contributed by atoms with Gasteiger partial charge in [0.05, 0.1) is 25.3 Å². The molecule has 0 fully saturated rings. The predicted octanol–water partition coefficient (Wildman–Crippen LogP) is 5.64. The highest BCUT2D eigenvalue weighted by Crippen LogP contribution is 2.36. The lowest BCUT2D eigenvalue weighted by atomic mass is 9.97. The van der Waals surface area contributed by atoms with Crippen LogP contribution < -0.4 is 15.0 Å². The minimum absolute atomic E-state index is 0.0210. The van der Waals surface area contributed by atoms with Crippen LogP contribution in [0, 0.1) is 0 Å². The summed E-state index contributed by atoms with van der Waals surface area (Å²) in [5.41, 5.74) is 3.15. The first-order chi connectivity index (χ1) is 15.7. The first-order valence-corrected chi connectivity index (χ1v) is 12.5. The summed E-state index contributed by atoms with van der Waals surface area (Å²) >= 11 is 3.26. The number of aryl methyl sites for hydroxylation is 2. The third-order valence-corrected chi connectivity index (χ3v) is 7.99. The molecule has 2 aromatic carbocycles. The van der Waals surface area contributed by atoms with E-state index in [1.54, 1.807) is 41.9 Å². The molecule has 0 unspecified atom stereocenters. The molecule has 0 radical (unpaired) electrons. The maximum Gasteiger partial charge on any atom is 0.267 e. The molecule has 32 heavy (non-hydrogen) atoms. The molecule has 1 aliphatic rings. The molecule has 0 bridgehead atoms. The van der Waals surface area contributed by atoms with Gasteiger partial charge in [-0.2, -0.15) is 0 Å². The van der Waals surface area contributed by atoms with E-state index >= 15 is 0 Å². The summed E-state index contributed by atoms with van der Waals surface area (Å²) in [4.78, 5) is 21.0. The van der Waals surface area contributed by atoms with Gasteiger partial charge in [0.2, 0.25) is 0 Å². The quantitative estimate of drug-likeness (QED) is 0.273. The van der Waals surface area contributed by atoms with Crippen molar-refractivity contribution in [1.29, 1.82) is 0 Å². The van der Waals surface area contributed by atoms with Crippen molar-refractivity contribution < 1.29 is 9.47 Å². The zero-order valence-corrected chi connectivity index (χ0v) is 19.7. The van der Waals surface area contributed by atoms with Crippen molar-refractivity contribution >= 4 is 33.3 Å². The van der Waals surface area contributed by atoms with Gasteiger partial charge >= 0.3 is 0 Å². The normalized spacial score (nSPS) is 13.2. The lowest BCUT2D eigenvalue weighted by Gasteiger charge is -2.14. The van der Waals surface area contributed by atoms with E-state index in [2.05, 4.69) is 6.07 Å². The number of hydrogen-bond acceptors (Lipinski definition) is 6. The summed E-state index contributed by atoms with van der Waals surface area (Å²) < 4.78 is 12.4. The van der Waals surface area contributed by atoms with Gasteiger partial charge in [0, 0.05) is 10.6 Å². The second-order valence-electron chi connectivity index (χ2n) is 7.76. The van der Waals surface area contributed by atoms with E-state index in [1.807, 2.05) is 42.5 Å². The Balaban J connectivity index is 1.63. The molecule has 0 atom stereocenters. The molecule has 4 aromatic rings. The first kappa shape index (κ1) is 21.1. The number of thiophene rings is 1. The second-order valence-corrected chi connectivity index (χ2v) is 9.79. The smallest absolute Gasteiger partial charge is 0.267 e. The summed E-state index contributed by atoms with van der Waals surface area (Å²) in [6.07, 6.45) is 4.33. The van der Waals surface area contributed by atoms with Crippen molar-refractivity contribution in [2.45, 2.75) is 36.6 Å². The third-order valence-electron chi connectivity index (χ3n) is 5.79. The maximum absolute atomic E-state index is 13.8. The van der Waals surface area contributed by atoms with Crippen molar-refractivity contribution in [2.24, 2.45) is 0 Å². The van der Waals surface area contributed by atoms with E-state index in [1.165, 1.54) is 16.9 Å². The molecule has 0 N–H and O–H groups in total. The van der Waals surface area contributed by atoms with Crippen LogP contribution in [-0.4, -0.2) is 23.8 Å². The number of aromatic nitrogens is 2. The molecule has 0 spiro atoms. The fourth-order valence-corrected chi connectivity index (χ4v) is 6.41. The highest BCUT2D eigenvalue weighted by Gasteiger charge is 2.23. The molecule has 0 saturated carbocycles. The first-order valence-electron chi connectivity index (χ1n) is 10.7. The van der Waals surface area contributed by atoms with Crippen LogP contribution in [0.3, 0.4) is 0 Å². The minimum atomic E-state index is 0.0210. The molecule has 0 saturated heterocycles. The average molecular weight is 465 g/mol. The molecule has 5 rings (SSSR count). The zero-order chi connectivity index (χ0) is 22.1. The van der Waals surface area contributed by atoms with Crippen LogP contribution in [0.25, 0.3) is 15.9 Å². The summed E-state index contributed by atoms with van der Waals surface area (Å²) in [5.74, 6) is 2.27. The average Bonchev–Trinajstić information content (AvgIpc) is 3.22. The van der Waals surface area contributed by atoms with Crippen LogP contribution >= 0.6 is 23.1 Å². The van der Waals surface area contributed by atoms with E-state index in [-0.39, 0.29) is 5.56 Å². The SMILES string of the molecule is COc1ccc(-n2c(SCc3cccc(OC)c3)nc3sc4c(c3c2=O)CCCC4)cc1. The van der Waals surface area contributed by atoms with Gasteiger partial charge in [-0.15, -0.1) is 11.3 Å². The molecule has 0 amide bonds. The Morgan fingerprint density at radius 1 is 1.03 bits per heavy atom. The van der Waals surface area contributed by atoms with Crippen LogP contribution in [0.5, 0.6) is 11.5 Å². The minimum Gasteiger partial charge on any atom is -0.497 e. The number of methoxy groups -OCH3 is 2. The molecular weight excluding hydrogens is 440 g/mol. The van der Waals surface area contributed by atoms with Crippen molar-refractivity contribution in [2.75, 3.05) is 14.2 Å². The fourth-order valence-electron chi connectivity index (χ4n) is 4.15. The molecule has 2 heterocycles. The molecule has 5 nitrogen and oxygen atoms in total. The van der Waals surface area contributed by atoms with Crippen molar-refractivity contribution in [3.8, 4) is 17.2 Å². The van der Waals surface area contributed by atoms with Crippen molar-refractivity contribution in [3.05, 3.63) is 74.9 Å². The third kappa shape index (κ3) is 3.91. The van der Waals surface area contributed by atoms with Crippen molar-refractivity contribution in [3.63, 3.8) is 0 Å². The van der Waals surface area contributed by atoms with E-state index < -0.39 is 0 Å². The largest absolute Gasteiger partial charge is 0.497 e. The topological polar surface area (TPSA) is 53.4 Å². The van der Waals surface area contributed by atoms with E-state index in [9.17, 15) is 4.79 Å².